The Bertz CT molecular complexity index is 1630. The SMILES string of the molecule is COc1cccc2c1C(=O)c1c(O)c3c(c(O)c1C2=O)CC(O)(C(=O)COC(=O)CCCC(C)=O)C[C@@H]3OC1CC(C)C(O)C(C)O1. The molecular weight excluding hydrogens is 616 g/mol. The van der Waals surface area contributed by atoms with Crippen LogP contribution in [0.1, 0.15) is 102 Å². The second-order valence-corrected chi connectivity index (χ2v) is 12.5. The van der Waals surface area contributed by atoms with E-state index in [0.29, 0.717) is 0 Å². The molecule has 1 aliphatic heterocycles. The number of phenols is 2. The summed E-state index contributed by atoms with van der Waals surface area (Å²) in [6, 6.07) is 4.36. The third-order valence-electron chi connectivity index (χ3n) is 9.18. The van der Waals surface area contributed by atoms with Gasteiger partial charge >= 0.3 is 5.97 Å². The van der Waals surface area contributed by atoms with Crippen molar-refractivity contribution in [1.29, 1.82) is 0 Å². The standard InChI is InChI=1S/C34H38O13/c1-15-11-24(46-17(3)29(15)38)47-21-13-34(43,22(36)14-45-23(37)10-5-7-16(2)35)12-19-26(21)33(42)28-27(31(19)40)30(39)18-8-6-9-20(44-4)25(18)32(28)41/h6,8-9,15,17,21,24,29,38,40,42-43H,5,7,10-14H2,1-4H3/t15?,17?,21-,24?,29?,34?/m0/s1. The average Bonchev–Trinajstić information content (AvgIpc) is 3.02. The second-order valence-electron chi connectivity index (χ2n) is 12.5. The summed E-state index contributed by atoms with van der Waals surface area (Å²) in [5.74, 6) is -4.94. The van der Waals surface area contributed by atoms with E-state index < -0.39 is 95.6 Å². The highest BCUT2D eigenvalue weighted by Gasteiger charge is 2.50. The number of phenolic OH excluding ortho intramolecular Hbond substituents is 2. The molecule has 252 valence electrons. The Kier molecular flexibility index (Phi) is 9.56. The van der Waals surface area contributed by atoms with Crippen LogP contribution in [-0.2, 0) is 35.0 Å². The van der Waals surface area contributed by atoms with Crippen molar-refractivity contribution in [2.24, 2.45) is 5.92 Å². The molecule has 0 radical (unpaired) electrons. The first-order valence-corrected chi connectivity index (χ1v) is 15.4. The smallest absolute Gasteiger partial charge is 0.306 e. The Morgan fingerprint density at radius 2 is 1.72 bits per heavy atom. The summed E-state index contributed by atoms with van der Waals surface area (Å²) < 4.78 is 22.4. The van der Waals surface area contributed by atoms with Crippen LogP contribution < -0.4 is 4.74 Å². The molecule has 47 heavy (non-hydrogen) atoms. The third-order valence-corrected chi connectivity index (χ3v) is 9.18. The average molecular weight is 655 g/mol. The van der Waals surface area contributed by atoms with Gasteiger partial charge in [0.1, 0.15) is 28.6 Å². The van der Waals surface area contributed by atoms with Gasteiger partial charge in [0.05, 0.1) is 42.1 Å². The number of ether oxygens (including phenoxy) is 4. The predicted octanol–water partition coefficient (Wildman–Crippen LogP) is 2.62. The molecule has 2 aliphatic carbocycles. The summed E-state index contributed by atoms with van der Waals surface area (Å²) in [6.07, 6.45) is -4.45. The van der Waals surface area contributed by atoms with Crippen LogP contribution in [0.5, 0.6) is 17.2 Å². The fraction of sp³-hybridized carbons (Fsp3) is 0.500. The molecule has 1 fully saturated rings. The Labute approximate surface area is 270 Å². The van der Waals surface area contributed by atoms with E-state index in [1.54, 1.807) is 13.8 Å². The van der Waals surface area contributed by atoms with Crippen LogP contribution in [0.3, 0.4) is 0 Å². The minimum Gasteiger partial charge on any atom is -0.507 e. The van der Waals surface area contributed by atoms with Gasteiger partial charge in [-0.25, -0.2) is 0 Å². The van der Waals surface area contributed by atoms with E-state index in [1.807, 2.05) is 0 Å². The highest BCUT2D eigenvalue weighted by Crippen LogP contribution is 2.52. The fourth-order valence-corrected chi connectivity index (χ4v) is 6.63. The van der Waals surface area contributed by atoms with Gasteiger partial charge in [-0.15, -0.1) is 0 Å². The number of aromatic hydroxyl groups is 2. The number of hydrogen-bond donors (Lipinski definition) is 4. The second kappa shape index (κ2) is 13.1. The predicted molar refractivity (Wildman–Crippen MR) is 161 cm³/mol. The number of esters is 1. The first-order valence-electron chi connectivity index (χ1n) is 15.4. The van der Waals surface area contributed by atoms with Crippen LogP contribution in [0, 0.1) is 5.92 Å². The quantitative estimate of drug-likeness (QED) is 0.184. The van der Waals surface area contributed by atoms with Gasteiger partial charge in [0.2, 0.25) is 11.6 Å². The number of hydrogen-bond acceptors (Lipinski definition) is 13. The lowest BCUT2D eigenvalue weighted by Gasteiger charge is -2.42. The van der Waals surface area contributed by atoms with Gasteiger partial charge in [0.25, 0.3) is 0 Å². The fourth-order valence-electron chi connectivity index (χ4n) is 6.63. The van der Waals surface area contributed by atoms with E-state index in [4.69, 9.17) is 18.9 Å². The van der Waals surface area contributed by atoms with Crippen LogP contribution in [0.4, 0.5) is 0 Å². The Morgan fingerprint density at radius 3 is 2.38 bits per heavy atom. The van der Waals surface area contributed by atoms with Gasteiger partial charge in [-0.3, -0.25) is 19.2 Å². The first-order chi connectivity index (χ1) is 22.2. The maximum atomic E-state index is 13.8. The van der Waals surface area contributed by atoms with Gasteiger partial charge in [-0.2, -0.15) is 0 Å². The van der Waals surface area contributed by atoms with Crippen molar-refractivity contribution in [3.05, 3.63) is 51.6 Å². The zero-order valence-corrected chi connectivity index (χ0v) is 26.5. The van der Waals surface area contributed by atoms with Crippen molar-refractivity contribution < 1.29 is 63.3 Å². The van der Waals surface area contributed by atoms with Gasteiger partial charge in [0, 0.05) is 48.8 Å². The number of carbonyl (C=O) groups excluding carboxylic acids is 5. The number of methoxy groups -OCH3 is 1. The van der Waals surface area contributed by atoms with Crippen molar-refractivity contribution in [2.75, 3.05) is 13.7 Å². The summed E-state index contributed by atoms with van der Waals surface area (Å²) in [6.45, 7) is 3.98. The number of aliphatic hydroxyl groups excluding tert-OH is 1. The Balaban J connectivity index is 1.55. The van der Waals surface area contributed by atoms with Gasteiger partial charge in [-0.05, 0) is 32.3 Å². The summed E-state index contributed by atoms with van der Waals surface area (Å²) in [4.78, 5) is 64.4. The van der Waals surface area contributed by atoms with Crippen LogP contribution in [0.2, 0.25) is 0 Å². The number of carbonyl (C=O) groups is 5. The van der Waals surface area contributed by atoms with Crippen molar-refractivity contribution in [1.82, 2.24) is 0 Å². The molecule has 13 nitrogen and oxygen atoms in total. The van der Waals surface area contributed by atoms with Gasteiger partial charge in [0.15, 0.2) is 18.7 Å². The topological polar surface area (TPSA) is 203 Å². The van der Waals surface area contributed by atoms with Crippen LogP contribution in [-0.4, -0.2) is 87.3 Å². The lowest BCUT2D eigenvalue weighted by molar-refractivity contribution is -0.255. The zero-order valence-electron chi connectivity index (χ0n) is 26.5. The van der Waals surface area contributed by atoms with E-state index in [2.05, 4.69) is 0 Å². The molecule has 4 N–H and O–H groups in total. The van der Waals surface area contributed by atoms with E-state index in [0.717, 1.165) is 0 Å². The molecule has 6 atom stereocenters. The molecule has 0 aromatic heterocycles. The summed E-state index contributed by atoms with van der Waals surface area (Å²) >= 11 is 0. The summed E-state index contributed by atoms with van der Waals surface area (Å²) in [5.41, 5.74) is -3.78. The molecule has 2 aromatic carbocycles. The summed E-state index contributed by atoms with van der Waals surface area (Å²) in [5, 5.41) is 45.4. The molecule has 0 amide bonds. The van der Waals surface area contributed by atoms with Gasteiger partial charge in [-0.1, -0.05) is 19.1 Å². The molecule has 1 saturated heterocycles. The third kappa shape index (κ3) is 6.28. The van der Waals surface area contributed by atoms with E-state index in [1.165, 1.54) is 32.2 Å². The van der Waals surface area contributed by atoms with Crippen LogP contribution >= 0.6 is 0 Å². The molecule has 2 aromatic rings. The van der Waals surface area contributed by atoms with Crippen molar-refractivity contribution in [3.63, 3.8) is 0 Å². The minimum atomic E-state index is -2.32. The molecule has 13 heteroatoms. The van der Waals surface area contributed by atoms with E-state index in [9.17, 15) is 44.4 Å². The monoisotopic (exact) mass is 654 g/mol. The Morgan fingerprint density at radius 1 is 1.02 bits per heavy atom. The first kappa shape index (κ1) is 34.2. The molecule has 1 heterocycles. The maximum absolute atomic E-state index is 13.8. The normalized spacial score (nSPS) is 26.6. The largest absolute Gasteiger partial charge is 0.507 e. The molecule has 3 aliphatic rings. The highest BCUT2D eigenvalue weighted by atomic mass is 16.7. The number of rotatable bonds is 10. The number of fused-ring (bicyclic) bond motifs is 3. The number of aliphatic hydroxyl groups is 2. The number of ketones is 4. The van der Waals surface area contributed by atoms with Crippen LogP contribution in [0.25, 0.3) is 0 Å². The minimum absolute atomic E-state index is 0.0692. The molecule has 5 unspecified atom stereocenters. The number of Topliss-reactive ketones (excluding diaryl/α,β-unsaturated/α-hetero) is 2. The van der Waals surface area contributed by atoms with E-state index in [-0.39, 0.29) is 65.4 Å². The summed E-state index contributed by atoms with van der Waals surface area (Å²) in [7, 11) is 1.32. The number of benzene rings is 2. The molecule has 0 saturated carbocycles. The van der Waals surface area contributed by atoms with Crippen molar-refractivity contribution in [3.8, 4) is 17.2 Å². The van der Waals surface area contributed by atoms with Crippen molar-refractivity contribution in [2.45, 2.75) is 89.5 Å². The maximum Gasteiger partial charge on any atom is 0.306 e. The molecule has 0 bridgehead atoms. The highest BCUT2D eigenvalue weighted by molar-refractivity contribution is 6.31. The molecule has 5 rings (SSSR count). The van der Waals surface area contributed by atoms with Crippen LogP contribution in [0.15, 0.2) is 18.2 Å². The Hall–Kier alpha value is -4.17. The zero-order chi connectivity index (χ0) is 34.4. The lowest BCUT2D eigenvalue weighted by Crippen LogP contribution is -2.49. The molecule has 0 spiro atoms. The van der Waals surface area contributed by atoms with Gasteiger partial charge < -0.3 is 44.2 Å². The molecular formula is C34H38O13. The van der Waals surface area contributed by atoms with Crippen molar-refractivity contribution >= 4 is 29.1 Å². The van der Waals surface area contributed by atoms with E-state index >= 15 is 0 Å². The lowest BCUT2D eigenvalue weighted by atomic mass is 9.72.